The van der Waals surface area contributed by atoms with Gasteiger partial charge in [0.2, 0.25) is 0 Å². The molecule has 0 unspecified atom stereocenters. The molecule has 1 saturated heterocycles. The van der Waals surface area contributed by atoms with Crippen LogP contribution >= 0.6 is 0 Å². The molecule has 0 aromatic heterocycles. The van der Waals surface area contributed by atoms with Gasteiger partial charge in [0.15, 0.2) is 0 Å². The second kappa shape index (κ2) is 4.62. The van der Waals surface area contributed by atoms with Gasteiger partial charge < -0.3 is 10.6 Å². The normalized spacial score (nSPS) is 17.8. The van der Waals surface area contributed by atoms with Crippen LogP contribution in [-0.4, -0.2) is 39.0 Å². The molecule has 10 heavy (non-hydrogen) atoms. The van der Waals surface area contributed by atoms with Gasteiger partial charge in [0.1, 0.15) is 0 Å². The summed E-state index contributed by atoms with van der Waals surface area (Å²) in [5.41, 5.74) is 0. The van der Waals surface area contributed by atoms with Crippen LogP contribution in [0.3, 0.4) is 0 Å². The minimum absolute atomic E-state index is 0.715. The fourth-order valence-electron chi connectivity index (χ4n) is 0.442. The summed E-state index contributed by atoms with van der Waals surface area (Å²) in [6.07, 6.45) is 0.715. The molecule has 0 aromatic rings. The van der Waals surface area contributed by atoms with E-state index in [1.807, 2.05) is 0 Å². The first-order chi connectivity index (χ1) is 4.50. The molecule has 0 radical (unpaired) electrons. The molecule has 0 atom stereocenters. The van der Waals surface area contributed by atoms with Gasteiger partial charge in [-0.3, -0.25) is 4.55 Å². The zero-order chi connectivity index (χ0) is 8.04. The molecular weight excluding hydrogens is 156 g/mol. The van der Waals surface area contributed by atoms with Crippen molar-refractivity contribution in [2.45, 2.75) is 0 Å². The van der Waals surface area contributed by atoms with Crippen LogP contribution in [-0.2, 0) is 10.1 Å². The highest BCUT2D eigenvalue weighted by atomic mass is 32.2. The van der Waals surface area contributed by atoms with Crippen molar-refractivity contribution in [3.8, 4) is 0 Å². The lowest BCUT2D eigenvalue weighted by atomic mass is 10.7. The Morgan fingerprint density at radius 3 is 1.70 bits per heavy atom. The predicted molar refractivity (Wildman–Crippen MR) is 38.3 cm³/mol. The van der Waals surface area contributed by atoms with E-state index in [0.717, 1.165) is 19.8 Å². The lowest BCUT2D eigenvalue weighted by Gasteiger charge is -1.77. The summed E-state index contributed by atoms with van der Waals surface area (Å²) in [7, 11) is -3.67. The minimum Gasteiger partial charge on any atom is -0.303 e. The van der Waals surface area contributed by atoms with Gasteiger partial charge in [0, 0.05) is 19.8 Å². The molecule has 1 rings (SSSR count). The summed E-state index contributed by atoms with van der Waals surface area (Å²) in [5, 5.41) is 6.22. The van der Waals surface area contributed by atoms with Crippen LogP contribution in [0.1, 0.15) is 0 Å². The Kier molecular flexibility index (Phi) is 4.54. The van der Waals surface area contributed by atoms with Crippen molar-refractivity contribution in [3.05, 3.63) is 0 Å². The molecule has 0 aromatic carbocycles. The van der Waals surface area contributed by atoms with E-state index >= 15 is 0 Å². The molecule has 0 spiro atoms. The van der Waals surface area contributed by atoms with Crippen LogP contribution in [0.4, 0.5) is 0 Å². The van der Waals surface area contributed by atoms with E-state index in [2.05, 4.69) is 10.6 Å². The van der Waals surface area contributed by atoms with E-state index in [9.17, 15) is 8.42 Å². The van der Waals surface area contributed by atoms with Crippen LogP contribution in [0, 0.1) is 0 Å². The molecule has 0 bridgehead atoms. The smallest absolute Gasteiger partial charge is 0.261 e. The molecule has 3 N–H and O–H groups in total. The van der Waals surface area contributed by atoms with E-state index < -0.39 is 10.1 Å². The fraction of sp³-hybridized carbons (Fsp3) is 1.00. The first-order valence-corrected chi connectivity index (χ1v) is 4.69. The van der Waals surface area contributed by atoms with E-state index in [1.165, 1.54) is 0 Å². The van der Waals surface area contributed by atoms with Crippen molar-refractivity contribution in [1.82, 2.24) is 10.6 Å². The molecule has 0 amide bonds. The van der Waals surface area contributed by atoms with Crippen LogP contribution in [0.15, 0.2) is 0 Å². The molecule has 0 aliphatic carbocycles. The molecule has 0 saturated carbocycles. The third-order valence-electron chi connectivity index (χ3n) is 0.729. The lowest BCUT2D eigenvalue weighted by Crippen LogP contribution is -2.11. The SMILES string of the molecule is C1CNCN1.CS(=O)(=O)O. The van der Waals surface area contributed by atoms with Crippen molar-refractivity contribution in [1.29, 1.82) is 0 Å². The number of nitrogens with one attached hydrogen (secondary N) is 2. The number of rotatable bonds is 0. The quantitative estimate of drug-likeness (QED) is 0.389. The molecule has 1 aliphatic heterocycles. The van der Waals surface area contributed by atoms with Crippen LogP contribution < -0.4 is 10.6 Å². The Morgan fingerprint density at radius 2 is 1.60 bits per heavy atom. The number of hydrogen-bond acceptors (Lipinski definition) is 4. The van der Waals surface area contributed by atoms with E-state index in [4.69, 9.17) is 4.55 Å². The maximum Gasteiger partial charge on any atom is 0.261 e. The molecule has 1 fully saturated rings. The molecule has 1 aliphatic rings. The van der Waals surface area contributed by atoms with Crippen LogP contribution in [0.5, 0.6) is 0 Å². The highest BCUT2D eigenvalue weighted by Crippen LogP contribution is 1.62. The van der Waals surface area contributed by atoms with Crippen molar-refractivity contribution < 1.29 is 13.0 Å². The molecule has 62 valence electrons. The van der Waals surface area contributed by atoms with E-state index in [1.54, 1.807) is 0 Å². The summed E-state index contributed by atoms with van der Waals surface area (Å²) in [6, 6.07) is 0. The summed E-state index contributed by atoms with van der Waals surface area (Å²) in [6.45, 7) is 3.28. The highest BCUT2D eigenvalue weighted by molar-refractivity contribution is 7.85. The lowest BCUT2D eigenvalue weighted by molar-refractivity contribution is 0.490. The van der Waals surface area contributed by atoms with Gasteiger partial charge in [-0.1, -0.05) is 0 Å². The third-order valence-corrected chi connectivity index (χ3v) is 0.729. The largest absolute Gasteiger partial charge is 0.303 e. The summed E-state index contributed by atoms with van der Waals surface area (Å²) >= 11 is 0. The highest BCUT2D eigenvalue weighted by Gasteiger charge is 1.90. The van der Waals surface area contributed by atoms with Gasteiger partial charge in [-0.15, -0.1) is 0 Å². The van der Waals surface area contributed by atoms with Crippen LogP contribution in [0.25, 0.3) is 0 Å². The fourth-order valence-corrected chi connectivity index (χ4v) is 0.442. The molecule has 1 heterocycles. The van der Waals surface area contributed by atoms with Gasteiger partial charge >= 0.3 is 0 Å². The van der Waals surface area contributed by atoms with Crippen molar-refractivity contribution in [2.24, 2.45) is 0 Å². The summed E-state index contributed by atoms with van der Waals surface area (Å²) in [4.78, 5) is 0. The predicted octanol–water partition coefficient (Wildman–Crippen LogP) is -1.36. The maximum atomic E-state index is 9.19. The average molecular weight is 168 g/mol. The first kappa shape index (κ1) is 9.83. The second-order valence-electron chi connectivity index (χ2n) is 1.91. The van der Waals surface area contributed by atoms with Crippen molar-refractivity contribution in [3.63, 3.8) is 0 Å². The standard InChI is InChI=1S/C3H8N2.CH4O3S/c1-2-5-3-4-1;1-5(2,3)4/h4-5H,1-3H2;1H3,(H,2,3,4). The van der Waals surface area contributed by atoms with E-state index in [-0.39, 0.29) is 0 Å². The van der Waals surface area contributed by atoms with Crippen molar-refractivity contribution >= 4 is 10.1 Å². The Morgan fingerprint density at radius 1 is 1.30 bits per heavy atom. The van der Waals surface area contributed by atoms with E-state index in [0.29, 0.717) is 6.26 Å². The molecular formula is C4H12N2O3S. The van der Waals surface area contributed by atoms with Gasteiger partial charge in [0.05, 0.1) is 6.26 Å². The zero-order valence-corrected chi connectivity index (χ0v) is 6.61. The van der Waals surface area contributed by atoms with Crippen molar-refractivity contribution in [2.75, 3.05) is 26.0 Å². The zero-order valence-electron chi connectivity index (χ0n) is 5.79. The van der Waals surface area contributed by atoms with Gasteiger partial charge in [-0.25, -0.2) is 0 Å². The Hall–Kier alpha value is -0.170. The monoisotopic (exact) mass is 168 g/mol. The Labute approximate surface area is 60.6 Å². The van der Waals surface area contributed by atoms with Crippen LogP contribution in [0.2, 0.25) is 0 Å². The summed E-state index contributed by atoms with van der Waals surface area (Å²) in [5.74, 6) is 0. The minimum atomic E-state index is -3.67. The molecule has 5 nitrogen and oxygen atoms in total. The third kappa shape index (κ3) is 15.7. The maximum absolute atomic E-state index is 9.19. The van der Waals surface area contributed by atoms with Gasteiger partial charge in [-0.05, 0) is 0 Å². The van der Waals surface area contributed by atoms with Gasteiger partial charge in [0.25, 0.3) is 10.1 Å². The summed E-state index contributed by atoms with van der Waals surface area (Å²) < 4.78 is 25.9. The number of hydrogen-bond donors (Lipinski definition) is 3. The average Bonchev–Trinajstić information content (AvgIpc) is 2.07. The molecule has 6 heteroatoms. The first-order valence-electron chi connectivity index (χ1n) is 2.84. The Bertz CT molecular complexity index is 146. The second-order valence-corrected chi connectivity index (χ2v) is 3.38. The topological polar surface area (TPSA) is 78.4 Å². The van der Waals surface area contributed by atoms with Gasteiger partial charge in [-0.2, -0.15) is 8.42 Å². The Balaban J connectivity index is 0.000000162.